The minimum atomic E-state index is 0.208. The average Bonchev–Trinajstić information content (AvgIpc) is 3.35. The Morgan fingerprint density at radius 2 is 1.06 bits per heavy atom. The Kier molecular flexibility index (Phi) is 5.40. The minimum absolute atomic E-state index is 0.208. The maximum atomic E-state index is 2.58. The van der Waals surface area contributed by atoms with E-state index in [1.54, 1.807) is 0 Å². The number of hydrogen-bond acceptors (Lipinski definition) is 2. The van der Waals surface area contributed by atoms with E-state index in [0.717, 1.165) is 32.6 Å². The molecule has 0 atom stereocenters. The van der Waals surface area contributed by atoms with Gasteiger partial charge in [-0.05, 0) is 83.7 Å². The van der Waals surface area contributed by atoms with Crippen molar-refractivity contribution in [3.63, 3.8) is 0 Å². The van der Waals surface area contributed by atoms with Gasteiger partial charge in [0.15, 0.2) is 0 Å². The second-order valence-electron chi connectivity index (χ2n) is 12.1. The molecule has 33 heavy (non-hydrogen) atoms. The highest BCUT2D eigenvalue weighted by molar-refractivity contribution is 5.55. The van der Waals surface area contributed by atoms with Crippen LogP contribution in [0.4, 0.5) is 5.69 Å². The van der Waals surface area contributed by atoms with Gasteiger partial charge in [0, 0.05) is 37.4 Å². The lowest BCUT2D eigenvalue weighted by molar-refractivity contribution is 0.136. The zero-order valence-electron chi connectivity index (χ0n) is 21.2. The summed E-state index contributed by atoms with van der Waals surface area (Å²) < 4.78 is 0. The van der Waals surface area contributed by atoms with Gasteiger partial charge in [-0.15, -0.1) is 0 Å². The number of anilines is 1. The maximum Gasteiger partial charge on any atom is 0.0436 e. The number of benzene rings is 3. The average molecular weight is 439 g/mol. The fourth-order valence-corrected chi connectivity index (χ4v) is 5.15. The molecule has 0 aliphatic carbocycles. The van der Waals surface area contributed by atoms with E-state index in [2.05, 4.69) is 112 Å². The van der Waals surface area contributed by atoms with Gasteiger partial charge in [-0.25, -0.2) is 0 Å². The molecule has 0 fully saturated rings. The molecule has 0 unspecified atom stereocenters. The SMILES string of the molecule is CC(C)(C)c1ccc(Cc2ccc(N3Cc4cc5c(cc4C3)CN(C(C)(C)C)C5)cc2)cc1. The molecule has 0 bridgehead atoms. The molecule has 2 nitrogen and oxygen atoms in total. The largest absolute Gasteiger partial charge is 0.363 e. The van der Waals surface area contributed by atoms with E-state index in [9.17, 15) is 0 Å². The van der Waals surface area contributed by atoms with E-state index in [1.165, 1.54) is 44.6 Å². The summed E-state index contributed by atoms with van der Waals surface area (Å²) in [5, 5.41) is 0. The number of hydrogen-bond donors (Lipinski definition) is 0. The van der Waals surface area contributed by atoms with Gasteiger partial charge in [-0.2, -0.15) is 0 Å². The smallest absolute Gasteiger partial charge is 0.0436 e. The first-order chi connectivity index (χ1) is 15.6. The second-order valence-corrected chi connectivity index (χ2v) is 12.1. The van der Waals surface area contributed by atoms with Crippen LogP contribution >= 0.6 is 0 Å². The van der Waals surface area contributed by atoms with Crippen molar-refractivity contribution in [2.24, 2.45) is 0 Å². The summed E-state index contributed by atoms with van der Waals surface area (Å²) >= 11 is 0. The molecule has 5 rings (SSSR count). The van der Waals surface area contributed by atoms with Crippen molar-refractivity contribution in [3.8, 4) is 0 Å². The third-order valence-electron chi connectivity index (χ3n) is 7.45. The molecule has 2 aliphatic rings. The van der Waals surface area contributed by atoms with Crippen LogP contribution in [0.25, 0.3) is 0 Å². The van der Waals surface area contributed by atoms with Gasteiger partial charge >= 0.3 is 0 Å². The van der Waals surface area contributed by atoms with Gasteiger partial charge in [-0.3, -0.25) is 4.90 Å². The summed E-state index contributed by atoms with van der Waals surface area (Å²) in [6.07, 6.45) is 0.988. The first kappa shape index (κ1) is 22.2. The number of rotatable bonds is 3. The van der Waals surface area contributed by atoms with Crippen molar-refractivity contribution >= 4 is 5.69 Å². The van der Waals surface area contributed by atoms with Crippen LogP contribution in [0.2, 0.25) is 0 Å². The molecule has 2 heteroatoms. The van der Waals surface area contributed by atoms with E-state index in [4.69, 9.17) is 0 Å². The Morgan fingerprint density at radius 3 is 1.52 bits per heavy atom. The molecule has 0 spiro atoms. The van der Waals surface area contributed by atoms with E-state index < -0.39 is 0 Å². The molecule has 0 radical (unpaired) electrons. The summed E-state index contributed by atoms with van der Waals surface area (Å²) in [5.74, 6) is 0. The maximum absolute atomic E-state index is 2.58. The number of fused-ring (bicyclic) bond motifs is 2. The van der Waals surface area contributed by atoms with Crippen LogP contribution in [0.15, 0.2) is 60.7 Å². The molecule has 0 amide bonds. The third-order valence-corrected chi connectivity index (χ3v) is 7.45. The Hall–Kier alpha value is -2.58. The van der Waals surface area contributed by atoms with Crippen molar-refractivity contribution in [3.05, 3.63) is 99.6 Å². The standard InChI is InChI=1S/C31H38N2/c1-30(2,3)28-11-7-22(8-12-28)15-23-9-13-29(14-10-23)32-18-24-16-26-20-33(31(4,5)6)21-27(26)17-25(24)19-32/h7-14,16-17H,15,18-21H2,1-6H3. The molecule has 0 aromatic heterocycles. The Bertz CT molecular complexity index is 1110. The monoisotopic (exact) mass is 438 g/mol. The normalized spacial score (nSPS) is 16.2. The summed E-state index contributed by atoms with van der Waals surface area (Å²) in [5.41, 5.74) is 12.0. The highest BCUT2D eigenvalue weighted by atomic mass is 15.2. The van der Waals surface area contributed by atoms with E-state index >= 15 is 0 Å². The molecule has 0 N–H and O–H groups in total. The molecular formula is C31H38N2. The molecule has 172 valence electrons. The van der Waals surface area contributed by atoms with Crippen molar-refractivity contribution in [1.29, 1.82) is 0 Å². The van der Waals surface area contributed by atoms with Crippen LogP contribution in [0.5, 0.6) is 0 Å². The Balaban J connectivity index is 1.25. The van der Waals surface area contributed by atoms with Gasteiger partial charge < -0.3 is 4.90 Å². The van der Waals surface area contributed by atoms with Crippen LogP contribution in [0.3, 0.4) is 0 Å². The summed E-state index contributed by atoms with van der Waals surface area (Å²) in [4.78, 5) is 5.10. The van der Waals surface area contributed by atoms with Crippen molar-refractivity contribution < 1.29 is 0 Å². The summed E-state index contributed by atoms with van der Waals surface area (Å²) in [7, 11) is 0. The Morgan fingerprint density at radius 1 is 0.606 bits per heavy atom. The van der Waals surface area contributed by atoms with Crippen molar-refractivity contribution in [2.45, 2.75) is 85.1 Å². The third kappa shape index (κ3) is 4.59. The number of nitrogens with zero attached hydrogens (tertiary/aromatic N) is 2. The van der Waals surface area contributed by atoms with Gasteiger partial charge in [0.05, 0.1) is 0 Å². The van der Waals surface area contributed by atoms with E-state index in [1.807, 2.05) is 0 Å². The molecule has 0 saturated heterocycles. The quantitative estimate of drug-likeness (QED) is 0.426. The van der Waals surface area contributed by atoms with Gasteiger partial charge in [0.25, 0.3) is 0 Å². The second kappa shape index (κ2) is 8.02. The molecule has 3 aromatic carbocycles. The van der Waals surface area contributed by atoms with Crippen molar-refractivity contribution in [1.82, 2.24) is 4.90 Å². The van der Waals surface area contributed by atoms with Crippen molar-refractivity contribution in [2.75, 3.05) is 4.90 Å². The summed E-state index contributed by atoms with van der Waals surface area (Å²) in [6.45, 7) is 18.0. The highest BCUT2D eigenvalue weighted by Gasteiger charge is 2.30. The van der Waals surface area contributed by atoms with Gasteiger partial charge in [0.1, 0.15) is 0 Å². The summed E-state index contributed by atoms with van der Waals surface area (Å²) in [6, 6.07) is 23.3. The zero-order valence-corrected chi connectivity index (χ0v) is 21.2. The van der Waals surface area contributed by atoms with Crippen LogP contribution < -0.4 is 4.90 Å². The first-order valence-electron chi connectivity index (χ1n) is 12.4. The van der Waals surface area contributed by atoms with Crippen LogP contribution in [-0.4, -0.2) is 10.4 Å². The topological polar surface area (TPSA) is 6.48 Å². The minimum Gasteiger partial charge on any atom is -0.363 e. The van der Waals surface area contributed by atoms with Gasteiger partial charge in [-0.1, -0.05) is 69.3 Å². The van der Waals surface area contributed by atoms with Gasteiger partial charge in [0.2, 0.25) is 0 Å². The lowest BCUT2D eigenvalue weighted by Gasteiger charge is -2.31. The lowest BCUT2D eigenvalue weighted by Crippen LogP contribution is -2.36. The lowest BCUT2D eigenvalue weighted by atomic mass is 9.86. The fourth-order valence-electron chi connectivity index (χ4n) is 5.15. The van der Waals surface area contributed by atoms with Crippen LogP contribution in [-0.2, 0) is 38.0 Å². The van der Waals surface area contributed by atoms with Crippen LogP contribution in [0, 0.1) is 0 Å². The molecular weight excluding hydrogens is 400 g/mol. The molecule has 0 saturated carbocycles. The molecule has 3 aromatic rings. The predicted octanol–water partition coefficient (Wildman–Crippen LogP) is 7.21. The molecule has 2 heterocycles. The van der Waals surface area contributed by atoms with E-state index in [-0.39, 0.29) is 11.0 Å². The van der Waals surface area contributed by atoms with E-state index in [0.29, 0.717) is 0 Å². The zero-order chi connectivity index (χ0) is 23.4. The predicted molar refractivity (Wildman–Crippen MR) is 140 cm³/mol. The fraction of sp³-hybridized carbons (Fsp3) is 0.419. The molecule has 2 aliphatic heterocycles. The Labute approximate surface area is 200 Å². The highest BCUT2D eigenvalue weighted by Crippen LogP contribution is 2.35. The first-order valence-corrected chi connectivity index (χ1v) is 12.4. The van der Waals surface area contributed by atoms with Crippen LogP contribution in [0.1, 0.15) is 80.5 Å².